The molecule has 0 aliphatic carbocycles. The van der Waals surface area contributed by atoms with Crippen LogP contribution in [0.4, 0.5) is 0 Å². The average molecular weight is 329 g/mol. The highest BCUT2D eigenvalue weighted by Gasteiger charge is 2.20. The summed E-state index contributed by atoms with van der Waals surface area (Å²) in [5.41, 5.74) is 7.06. The highest BCUT2D eigenvalue weighted by atomic mass is 35.5. The number of carbonyl (C=O) groups excluding carboxylic acids is 1. The zero-order chi connectivity index (χ0) is 15.4. The Kier molecular flexibility index (Phi) is 5.17. The summed E-state index contributed by atoms with van der Waals surface area (Å²) < 4.78 is 6.44. The fourth-order valence-electron chi connectivity index (χ4n) is 1.85. The number of rotatable bonds is 5. The van der Waals surface area contributed by atoms with Gasteiger partial charge in [0.2, 0.25) is 0 Å². The molecule has 6 nitrogen and oxygen atoms in total. The summed E-state index contributed by atoms with van der Waals surface area (Å²) in [4.78, 5) is 11.8. The van der Waals surface area contributed by atoms with Crippen LogP contribution in [0.5, 0.6) is 0 Å². The quantitative estimate of drug-likeness (QED) is 0.851. The molecule has 0 aliphatic heterocycles. The van der Waals surface area contributed by atoms with Crippen LogP contribution in [0.3, 0.4) is 0 Å². The minimum absolute atomic E-state index is 0.110. The maximum Gasteiger partial charge on any atom is 0.360 e. The van der Waals surface area contributed by atoms with E-state index in [0.717, 1.165) is 5.56 Å². The summed E-state index contributed by atoms with van der Waals surface area (Å²) in [6, 6.07) is 5.30. The number of nitrogens with two attached hydrogens (primary N) is 1. The first kappa shape index (κ1) is 15.8. The van der Waals surface area contributed by atoms with Crippen LogP contribution in [0.2, 0.25) is 10.0 Å². The van der Waals surface area contributed by atoms with E-state index in [1.54, 1.807) is 19.1 Å². The third-order valence-corrected chi connectivity index (χ3v) is 3.71. The van der Waals surface area contributed by atoms with Crippen molar-refractivity contribution in [3.05, 3.63) is 45.2 Å². The molecule has 0 fully saturated rings. The molecule has 0 saturated heterocycles. The lowest BCUT2D eigenvalue weighted by atomic mass is 10.2. The van der Waals surface area contributed by atoms with Crippen LogP contribution in [-0.4, -0.2) is 27.6 Å². The lowest BCUT2D eigenvalue weighted by molar-refractivity contribution is 0.0518. The fourth-order valence-corrected chi connectivity index (χ4v) is 2.23. The second-order valence-corrected chi connectivity index (χ2v) is 4.97. The normalized spacial score (nSPS) is 10.7. The number of hydrogen-bond donors (Lipinski definition) is 1. The van der Waals surface area contributed by atoms with Crippen molar-refractivity contribution in [2.75, 3.05) is 6.61 Å². The molecule has 1 aromatic heterocycles. The largest absolute Gasteiger partial charge is 0.461 e. The monoisotopic (exact) mass is 328 g/mol. The van der Waals surface area contributed by atoms with Gasteiger partial charge in [-0.05, 0) is 18.6 Å². The Labute approximate surface area is 131 Å². The number of nitrogens with zero attached hydrogens (tertiary/aromatic N) is 3. The van der Waals surface area contributed by atoms with E-state index in [0.29, 0.717) is 22.3 Å². The molecular formula is C13H14Cl2N4O2. The smallest absolute Gasteiger partial charge is 0.360 e. The third kappa shape index (κ3) is 3.34. The molecule has 0 atom stereocenters. The molecule has 2 N–H and O–H groups in total. The van der Waals surface area contributed by atoms with Crippen molar-refractivity contribution in [2.24, 2.45) is 5.73 Å². The summed E-state index contributed by atoms with van der Waals surface area (Å²) in [6.07, 6.45) is 0. The Morgan fingerprint density at radius 3 is 2.86 bits per heavy atom. The van der Waals surface area contributed by atoms with E-state index >= 15 is 0 Å². The summed E-state index contributed by atoms with van der Waals surface area (Å²) in [6.45, 7) is 2.41. The van der Waals surface area contributed by atoms with E-state index in [1.165, 1.54) is 4.68 Å². The molecule has 0 saturated carbocycles. The second-order valence-electron chi connectivity index (χ2n) is 4.18. The van der Waals surface area contributed by atoms with Crippen LogP contribution in [0, 0.1) is 0 Å². The third-order valence-electron chi connectivity index (χ3n) is 2.85. The van der Waals surface area contributed by atoms with E-state index in [-0.39, 0.29) is 18.8 Å². The van der Waals surface area contributed by atoms with Gasteiger partial charge in [-0.15, -0.1) is 5.10 Å². The molecule has 112 valence electrons. The summed E-state index contributed by atoms with van der Waals surface area (Å²) >= 11 is 12.1. The van der Waals surface area contributed by atoms with Crippen molar-refractivity contribution in [2.45, 2.75) is 20.0 Å². The average Bonchev–Trinajstić information content (AvgIpc) is 2.87. The Morgan fingerprint density at radius 2 is 2.19 bits per heavy atom. The SMILES string of the molecule is CCOC(=O)c1nnn(Cc2cccc(Cl)c2Cl)c1CN. The van der Waals surface area contributed by atoms with E-state index in [4.69, 9.17) is 33.7 Å². The number of carbonyl (C=O) groups is 1. The molecule has 0 unspecified atom stereocenters. The summed E-state index contributed by atoms with van der Waals surface area (Å²) in [7, 11) is 0. The van der Waals surface area contributed by atoms with E-state index < -0.39 is 5.97 Å². The lowest BCUT2D eigenvalue weighted by Gasteiger charge is -2.08. The highest BCUT2D eigenvalue weighted by molar-refractivity contribution is 6.42. The van der Waals surface area contributed by atoms with Crippen LogP contribution in [0.1, 0.15) is 28.7 Å². The summed E-state index contributed by atoms with van der Waals surface area (Å²) in [5.74, 6) is -0.540. The van der Waals surface area contributed by atoms with Gasteiger partial charge in [0, 0.05) is 6.54 Å². The molecule has 0 radical (unpaired) electrons. The highest BCUT2D eigenvalue weighted by Crippen LogP contribution is 2.26. The molecule has 1 heterocycles. The van der Waals surface area contributed by atoms with Crippen molar-refractivity contribution in [3.8, 4) is 0 Å². The van der Waals surface area contributed by atoms with Crippen molar-refractivity contribution >= 4 is 29.2 Å². The first-order chi connectivity index (χ1) is 10.1. The number of halogens is 2. The second kappa shape index (κ2) is 6.89. The molecule has 0 aliphatic rings. The van der Waals surface area contributed by atoms with Gasteiger partial charge in [0.1, 0.15) is 0 Å². The first-order valence-corrected chi connectivity index (χ1v) is 7.06. The van der Waals surface area contributed by atoms with Gasteiger partial charge >= 0.3 is 5.97 Å². The molecule has 0 amide bonds. The Balaban J connectivity index is 2.33. The zero-order valence-electron chi connectivity index (χ0n) is 11.3. The standard InChI is InChI=1S/C13H14Cl2N4O2/c1-2-21-13(20)12-10(6-16)19(18-17-12)7-8-4-3-5-9(14)11(8)15/h3-5H,2,6-7,16H2,1H3. The molecule has 2 aromatic rings. The lowest BCUT2D eigenvalue weighted by Crippen LogP contribution is -2.15. The first-order valence-electron chi connectivity index (χ1n) is 6.30. The van der Waals surface area contributed by atoms with Gasteiger partial charge in [0.25, 0.3) is 0 Å². The minimum Gasteiger partial charge on any atom is -0.461 e. The van der Waals surface area contributed by atoms with Crippen molar-refractivity contribution in [1.82, 2.24) is 15.0 Å². The van der Waals surface area contributed by atoms with Crippen molar-refractivity contribution in [1.29, 1.82) is 0 Å². The molecular weight excluding hydrogens is 315 g/mol. The number of hydrogen-bond acceptors (Lipinski definition) is 5. The van der Waals surface area contributed by atoms with Crippen molar-refractivity contribution < 1.29 is 9.53 Å². The van der Waals surface area contributed by atoms with Gasteiger partial charge < -0.3 is 10.5 Å². The molecule has 0 bridgehead atoms. The number of benzene rings is 1. The topological polar surface area (TPSA) is 83.0 Å². The van der Waals surface area contributed by atoms with Crippen LogP contribution in [-0.2, 0) is 17.8 Å². The number of esters is 1. The van der Waals surface area contributed by atoms with E-state index in [2.05, 4.69) is 10.3 Å². The van der Waals surface area contributed by atoms with Gasteiger partial charge in [0.05, 0.1) is 28.9 Å². The van der Waals surface area contributed by atoms with E-state index in [9.17, 15) is 4.79 Å². The predicted octanol–water partition coefficient (Wildman–Crippen LogP) is 2.27. The zero-order valence-corrected chi connectivity index (χ0v) is 12.9. The Bertz CT molecular complexity index is 658. The Hall–Kier alpha value is -1.63. The van der Waals surface area contributed by atoms with Crippen LogP contribution in [0.15, 0.2) is 18.2 Å². The molecule has 1 aromatic carbocycles. The van der Waals surface area contributed by atoms with E-state index in [1.807, 2.05) is 6.07 Å². The maximum absolute atomic E-state index is 11.8. The number of ether oxygens (including phenoxy) is 1. The van der Waals surface area contributed by atoms with Crippen LogP contribution < -0.4 is 5.73 Å². The molecule has 8 heteroatoms. The molecule has 2 rings (SSSR count). The molecule has 21 heavy (non-hydrogen) atoms. The van der Waals surface area contributed by atoms with Crippen LogP contribution in [0.25, 0.3) is 0 Å². The van der Waals surface area contributed by atoms with Gasteiger partial charge in [0.15, 0.2) is 5.69 Å². The predicted molar refractivity (Wildman–Crippen MR) is 79.4 cm³/mol. The fraction of sp³-hybridized carbons (Fsp3) is 0.308. The maximum atomic E-state index is 11.8. The van der Waals surface area contributed by atoms with Gasteiger partial charge in [-0.3, -0.25) is 0 Å². The number of aromatic nitrogens is 3. The minimum atomic E-state index is -0.540. The Morgan fingerprint density at radius 1 is 1.43 bits per heavy atom. The van der Waals surface area contributed by atoms with Crippen molar-refractivity contribution in [3.63, 3.8) is 0 Å². The molecule has 0 spiro atoms. The summed E-state index contributed by atoms with van der Waals surface area (Å²) in [5, 5.41) is 8.67. The van der Waals surface area contributed by atoms with Gasteiger partial charge in [-0.2, -0.15) is 0 Å². The van der Waals surface area contributed by atoms with Gasteiger partial charge in [-0.1, -0.05) is 40.5 Å². The van der Waals surface area contributed by atoms with Crippen LogP contribution >= 0.6 is 23.2 Å². The van der Waals surface area contributed by atoms with Gasteiger partial charge in [-0.25, -0.2) is 9.48 Å².